The largest absolute Gasteiger partial charge is 0.396 e. The molecule has 112 valence electrons. The third-order valence-corrected chi connectivity index (χ3v) is 2.86. The second-order valence-electron chi connectivity index (χ2n) is 4.69. The van der Waals surface area contributed by atoms with E-state index in [-0.39, 0.29) is 18.3 Å². The first-order valence-electron chi connectivity index (χ1n) is 6.78. The van der Waals surface area contributed by atoms with Crippen LogP contribution in [0.25, 0.3) is 0 Å². The molecule has 0 amide bonds. The third kappa shape index (κ3) is 4.06. The molecule has 0 aliphatic carbocycles. The van der Waals surface area contributed by atoms with E-state index in [1.165, 1.54) is 6.07 Å². The molecule has 1 rings (SSSR count). The second kappa shape index (κ2) is 7.64. The van der Waals surface area contributed by atoms with Crippen molar-refractivity contribution in [1.29, 1.82) is 0 Å². The van der Waals surface area contributed by atoms with E-state index in [4.69, 9.17) is 5.11 Å². The Morgan fingerprint density at radius 1 is 1.50 bits per heavy atom. The normalized spacial score (nSPS) is 10.7. The van der Waals surface area contributed by atoms with Crippen LogP contribution in [0.1, 0.15) is 27.2 Å². The van der Waals surface area contributed by atoms with Gasteiger partial charge in [-0.15, -0.1) is 0 Å². The molecule has 0 aromatic carbocycles. The maximum absolute atomic E-state index is 11.2. The molecule has 0 bridgehead atoms. The number of nitro groups is 1. The number of hydrogen-bond acceptors (Lipinski definition) is 6. The van der Waals surface area contributed by atoms with Gasteiger partial charge in [-0.05, 0) is 33.3 Å². The van der Waals surface area contributed by atoms with Crippen LogP contribution in [-0.2, 0) is 0 Å². The third-order valence-electron chi connectivity index (χ3n) is 2.86. The molecular formula is C13H22N4O3. The highest BCUT2D eigenvalue weighted by Crippen LogP contribution is 2.29. The van der Waals surface area contributed by atoms with Gasteiger partial charge >= 0.3 is 5.69 Å². The summed E-state index contributed by atoms with van der Waals surface area (Å²) in [7, 11) is 0. The Bertz CT molecular complexity index is 451. The van der Waals surface area contributed by atoms with Crippen molar-refractivity contribution >= 4 is 17.3 Å². The highest BCUT2D eigenvalue weighted by Gasteiger charge is 2.23. The van der Waals surface area contributed by atoms with Gasteiger partial charge in [0.15, 0.2) is 0 Å². The Labute approximate surface area is 118 Å². The van der Waals surface area contributed by atoms with E-state index < -0.39 is 4.92 Å². The number of hydrogen-bond donors (Lipinski definition) is 2. The minimum absolute atomic E-state index is 0.0155. The highest BCUT2D eigenvalue weighted by atomic mass is 16.6. The monoisotopic (exact) mass is 282 g/mol. The molecule has 7 nitrogen and oxygen atoms in total. The summed E-state index contributed by atoms with van der Waals surface area (Å²) < 4.78 is 0. The Balaban J connectivity index is 3.19. The van der Waals surface area contributed by atoms with Crippen LogP contribution in [0.5, 0.6) is 0 Å². The first-order valence-corrected chi connectivity index (χ1v) is 6.78. The lowest BCUT2D eigenvalue weighted by Gasteiger charge is -2.27. The summed E-state index contributed by atoms with van der Waals surface area (Å²) in [4.78, 5) is 16.9. The first-order chi connectivity index (χ1) is 9.51. The van der Waals surface area contributed by atoms with Crippen molar-refractivity contribution in [3.63, 3.8) is 0 Å². The maximum Gasteiger partial charge on any atom is 0.311 e. The molecule has 20 heavy (non-hydrogen) atoms. The summed E-state index contributed by atoms with van der Waals surface area (Å²) in [6.45, 7) is 7.10. The molecule has 7 heteroatoms. The van der Waals surface area contributed by atoms with Gasteiger partial charge in [-0.25, -0.2) is 4.98 Å². The van der Waals surface area contributed by atoms with E-state index in [0.717, 1.165) is 0 Å². The zero-order chi connectivity index (χ0) is 15.1. The van der Waals surface area contributed by atoms with Crippen LogP contribution >= 0.6 is 0 Å². The number of aromatic nitrogens is 1. The van der Waals surface area contributed by atoms with Crippen molar-refractivity contribution in [3.05, 3.63) is 22.2 Å². The number of pyridine rings is 1. The standard InChI is InChI=1S/C13H22N4O3/c1-4-14-12-7-6-11(17(19)20)13(15-12)16(10(2)3)8-5-9-18/h6-7,10,18H,4-5,8-9H2,1-3H3,(H,14,15). The molecule has 0 atom stereocenters. The average Bonchev–Trinajstić information content (AvgIpc) is 2.39. The molecule has 1 aromatic heterocycles. The number of anilines is 2. The van der Waals surface area contributed by atoms with E-state index >= 15 is 0 Å². The molecule has 1 aromatic rings. The Hall–Kier alpha value is -1.89. The van der Waals surface area contributed by atoms with Gasteiger partial charge in [-0.1, -0.05) is 0 Å². The fourth-order valence-electron chi connectivity index (χ4n) is 1.92. The average molecular weight is 282 g/mol. The molecule has 0 saturated carbocycles. The molecule has 2 N–H and O–H groups in total. The minimum Gasteiger partial charge on any atom is -0.396 e. The van der Waals surface area contributed by atoms with Crippen LogP contribution in [0.4, 0.5) is 17.3 Å². The maximum atomic E-state index is 11.2. The predicted molar refractivity (Wildman–Crippen MR) is 79.2 cm³/mol. The van der Waals surface area contributed by atoms with Gasteiger partial charge in [0.05, 0.1) is 4.92 Å². The first kappa shape index (κ1) is 16.2. The second-order valence-corrected chi connectivity index (χ2v) is 4.69. The summed E-state index contributed by atoms with van der Waals surface area (Å²) in [5.41, 5.74) is -0.0155. The van der Waals surface area contributed by atoms with Gasteiger partial charge in [-0.2, -0.15) is 0 Å². The van der Waals surface area contributed by atoms with Crippen molar-refractivity contribution in [2.45, 2.75) is 33.2 Å². The molecule has 0 saturated heterocycles. The van der Waals surface area contributed by atoms with Gasteiger partial charge in [-0.3, -0.25) is 10.1 Å². The summed E-state index contributed by atoms with van der Waals surface area (Å²) in [6, 6.07) is 3.13. The van der Waals surface area contributed by atoms with Crippen molar-refractivity contribution in [1.82, 2.24) is 4.98 Å². The van der Waals surface area contributed by atoms with Gasteiger partial charge in [0.1, 0.15) is 5.82 Å². The quantitative estimate of drug-likeness (QED) is 0.560. The lowest BCUT2D eigenvalue weighted by atomic mass is 10.2. The van der Waals surface area contributed by atoms with Crippen LogP contribution in [0.15, 0.2) is 12.1 Å². The van der Waals surface area contributed by atoms with Crippen LogP contribution in [-0.4, -0.2) is 40.8 Å². The Morgan fingerprint density at radius 3 is 2.70 bits per heavy atom. The van der Waals surface area contributed by atoms with E-state index in [9.17, 15) is 10.1 Å². The Kier molecular flexibility index (Phi) is 6.17. The summed E-state index contributed by atoms with van der Waals surface area (Å²) in [6.07, 6.45) is 0.544. The van der Waals surface area contributed by atoms with E-state index in [2.05, 4.69) is 10.3 Å². The lowest BCUT2D eigenvalue weighted by molar-refractivity contribution is -0.384. The predicted octanol–water partition coefficient (Wildman–Crippen LogP) is 2.02. The number of aliphatic hydroxyl groups excluding tert-OH is 1. The van der Waals surface area contributed by atoms with Gasteiger partial charge in [0.2, 0.25) is 5.82 Å². The molecule has 0 fully saturated rings. The number of rotatable bonds is 8. The fraction of sp³-hybridized carbons (Fsp3) is 0.615. The highest BCUT2D eigenvalue weighted by molar-refractivity contribution is 5.62. The summed E-state index contributed by atoms with van der Waals surface area (Å²) >= 11 is 0. The van der Waals surface area contributed by atoms with Crippen LogP contribution in [0.3, 0.4) is 0 Å². The van der Waals surface area contributed by atoms with Crippen molar-refractivity contribution in [2.24, 2.45) is 0 Å². The molecular weight excluding hydrogens is 260 g/mol. The van der Waals surface area contributed by atoms with Gasteiger partial charge < -0.3 is 15.3 Å². The van der Waals surface area contributed by atoms with E-state index in [1.54, 1.807) is 6.07 Å². The van der Waals surface area contributed by atoms with Crippen LogP contribution in [0, 0.1) is 10.1 Å². The van der Waals surface area contributed by atoms with Crippen molar-refractivity contribution in [3.8, 4) is 0 Å². The molecule has 0 aliphatic heterocycles. The van der Waals surface area contributed by atoms with Crippen molar-refractivity contribution in [2.75, 3.05) is 29.9 Å². The molecule has 0 spiro atoms. The smallest absolute Gasteiger partial charge is 0.311 e. The fourth-order valence-corrected chi connectivity index (χ4v) is 1.92. The summed E-state index contributed by atoms with van der Waals surface area (Å²) in [5, 5.41) is 23.2. The number of aliphatic hydroxyl groups is 1. The van der Waals surface area contributed by atoms with Gasteiger partial charge in [0.25, 0.3) is 0 Å². The van der Waals surface area contributed by atoms with E-state index in [1.807, 2.05) is 25.7 Å². The van der Waals surface area contributed by atoms with Crippen LogP contribution in [0.2, 0.25) is 0 Å². The summed E-state index contributed by atoms with van der Waals surface area (Å²) in [5.74, 6) is 0.958. The van der Waals surface area contributed by atoms with Gasteiger partial charge in [0, 0.05) is 31.8 Å². The topological polar surface area (TPSA) is 91.5 Å². The van der Waals surface area contributed by atoms with Crippen LogP contribution < -0.4 is 10.2 Å². The minimum atomic E-state index is -0.424. The number of nitrogens with one attached hydrogen (secondary N) is 1. The van der Waals surface area contributed by atoms with E-state index in [0.29, 0.717) is 31.1 Å². The molecule has 0 aliphatic rings. The molecule has 1 heterocycles. The Morgan fingerprint density at radius 2 is 2.20 bits per heavy atom. The zero-order valence-corrected chi connectivity index (χ0v) is 12.2. The van der Waals surface area contributed by atoms with Crippen molar-refractivity contribution < 1.29 is 10.0 Å². The molecule has 0 unspecified atom stereocenters. The number of nitrogens with zero attached hydrogens (tertiary/aromatic N) is 3. The SMILES string of the molecule is CCNc1ccc([N+](=O)[O-])c(N(CCCO)C(C)C)n1. The molecule has 0 radical (unpaired) electrons. The zero-order valence-electron chi connectivity index (χ0n) is 12.2. The lowest BCUT2D eigenvalue weighted by Crippen LogP contribution is -2.33.